The average Bonchev–Trinajstić information content (AvgIpc) is 4.01. The summed E-state index contributed by atoms with van der Waals surface area (Å²) >= 11 is 0. The molecule has 4 aromatic rings. The Hall–Kier alpha value is -6.17. The van der Waals surface area contributed by atoms with Crippen LogP contribution in [0.15, 0.2) is 209 Å². The predicted molar refractivity (Wildman–Crippen MR) is 226 cm³/mol. The van der Waals surface area contributed by atoms with Crippen LogP contribution in [0.4, 0.5) is 0 Å². The van der Waals surface area contributed by atoms with E-state index in [-0.39, 0.29) is 42.0 Å². The minimum absolute atomic E-state index is 0. The number of fused-ring (bicyclic) bond motifs is 4. The third kappa shape index (κ3) is 7.72. The van der Waals surface area contributed by atoms with Crippen LogP contribution in [0.5, 0.6) is 0 Å². The van der Waals surface area contributed by atoms with Crippen molar-refractivity contribution < 1.29 is 58.4 Å². The van der Waals surface area contributed by atoms with Crippen molar-refractivity contribution in [3.63, 3.8) is 0 Å². The molecule has 0 atom stereocenters. The Morgan fingerprint density at radius 2 is 0.885 bits per heavy atom. The van der Waals surface area contributed by atoms with E-state index in [9.17, 15) is 38.9 Å². The Balaban J connectivity index is 0.00000514. The molecule has 0 saturated heterocycles. The number of rotatable bonds is 7. The second kappa shape index (κ2) is 15.7. The second-order valence-corrected chi connectivity index (χ2v) is 17.6. The van der Waals surface area contributed by atoms with Gasteiger partial charge in [0.2, 0.25) is 0 Å². The number of hydrogen-bond donors (Lipinski definition) is 0. The van der Waals surface area contributed by atoms with E-state index < -0.39 is 62.2 Å². The quantitative estimate of drug-likeness (QED) is 0.150. The van der Waals surface area contributed by atoms with Gasteiger partial charge in [0.15, 0.2) is 0 Å². The van der Waals surface area contributed by atoms with Crippen molar-refractivity contribution in [2.45, 2.75) is 0 Å². The fourth-order valence-corrected chi connectivity index (χ4v) is 10.3. The molecule has 0 saturated carbocycles. The van der Waals surface area contributed by atoms with Crippen LogP contribution in [-0.2, 0) is 49.8 Å². The van der Waals surface area contributed by atoms with E-state index in [1.54, 1.807) is 97.1 Å². The van der Waals surface area contributed by atoms with E-state index in [4.69, 9.17) is 9.98 Å². The molecular formula is C44H25N4O9S3Zn-. The first-order valence-corrected chi connectivity index (χ1v) is 22.2. The molecule has 5 heterocycles. The molecule has 0 fully saturated rings. The topological polar surface area (TPSA) is 221 Å². The molecule has 8 bridgehead atoms. The molecule has 61 heavy (non-hydrogen) atoms. The maximum atomic E-state index is 13.9. The first-order chi connectivity index (χ1) is 28.7. The third-order valence-electron chi connectivity index (χ3n) is 9.81. The van der Waals surface area contributed by atoms with Crippen molar-refractivity contribution in [1.29, 1.82) is 0 Å². The first kappa shape index (κ1) is 41.6. The minimum Gasteiger partial charge on any atom is -0.744 e. The number of allylic oxidation sites excluding steroid dienone is 11. The van der Waals surface area contributed by atoms with E-state index in [1.165, 1.54) is 12.2 Å². The number of aliphatic imine (C=N–C) groups is 4. The molecule has 17 heteroatoms. The molecule has 9 rings (SSSR count). The molecule has 0 radical (unpaired) electrons. The van der Waals surface area contributed by atoms with Gasteiger partial charge in [-0.15, -0.1) is 0 Å². The smallest absolute Gasteiger partial charge is 0.744 e. The van der Waals surface area contributed by atoms with Gasteiger partial charge in [-0.05, 0) is 52.6 Å². The normalized spacial score (nSPS) is 17.7. The first-order valence-electron chi connectivity index (χ1n) is 17.9. The molecule has 0 aromatic heterocycles. The van der Waals surface area contributed by atoms with Crippen LogP contribution in [0, 0.1) is 0 Å². The predicted octanol–water partition coefficient (Wildman–Crippen LogP) is 6.30. The van der Waals surface area contributed by atoms with Gasteiger partial charge in [-0.3, -0.25) is 0 Å². The Morgan fingerprint density at radius 3 is 1.41 bits per heavy atom. The molecule has 0 spiro atoms. The van der Waals surface area contributed by atoms with Crippen molar-refractivity contribution in [2.75, 3.05) is 0 Å². The standard InChI is InChI=1S/C44H28N4O9S3.Zn/c49-58(50,51)42-34-25-31-22-21-30(45-31)23-32-24-33(26-13-5-1-6-14-26)38(46-32)37(29-19-11-4-12-20-29)39-35(27-15-7-2-8-16-27)36(28-17-9-3-10-18-28)40(48-39)43(59(52,53)54)41(47-34)44(42)60(55,56)57;/h1-25H,(H,49,50,51)(H,52,53,54)(H,55,56,57);/q;+2/p-3. The van der Waals surface area contributed by atoms with Crippen molar-refractivity contribution in [3.8, 4) is 0 Å². The zero-order valence-corrected chi connectivity index (χ0v) is 36.7. The molecule has 4 aromatic carbocycles. The molecule has 5 aliphatic rings. The van der Waals surface area contributed by atoms with E-state index in [0.717, 1.165) is 11.6 Å². The summed E-state index contributed by atoms with van der Waals surface area (Å²) in [4.78, 5) is 13.6. The summed E-state index contributed by atoms with van der Waals surface area (Å²) in [5, 5.41) is 0. The van der Waals surface area contributed by atoms with Gasteiger partial charge < -0.3 is 13.7 Å². The summed E-state index contributed by atoms with van der Waals surface area (Å²) in [5.41, 5.74) is 1.45. The van der Waals surface area contributed by atoms with E-state index in [0.29, 0.717) is 44.9 Å². The fourth-order valence-electron chi connectivity index (χ4n) is 7.47. The fraction of sp³-hybridized carbons (Fsp3) is 0. The number of benzene rings is 4. The van der Waals surface area contributed by atoms with Crippen molar-refractivity contribution >= 4 is 75.5 Å². The van der Waals surface area contributed by atoms with Gasteiger partial charge >= 0.3 is 19.5 Å². The summed E-state index contributed by atoms with van der Waals surface area (Å²) in [6.07, 6.45) is 7.32. The van der Waals surface area contributed by atoms with E-state index in [2.05, 4.69) is 9.98 Å². The van der Waals surface area contributed by atoms with E-state index >= 15 is 0 Å². The van der Waals surface area contributed by atoms with Crippen LogP contribution < -0.4 is 0 Å². The van der Waals surface area contributed by atoms with Crippen LogP contribution in [0.2, 0.25) is 0 Å². The zero-order valence-electron chi connectivity index (χ0n) is 31.3. The van der Waals surface area contributed by atoms with Gasteiger partial charge in [0.25, 0.3) is 0 Å². The molecule has 5 aliphatic heterocycles. The van der Waals surface area contributed by atoms with Crippen LogP contribution in [0.1, 0.15) is 22.3 Å². The summed E-state index contributed by atoms with van der Waals surface area (Å²) in [5.74, 6) is 0. The largest absolute Gasteiger partial charge is 2.00 e. The van der Waals surface area contributed by atoms with Crippen molar-refractivity contribution in [3.05, 3.63) is 211 Å². The van der Waals surface area contributed by atoms with E-state index in [1.807, 2.05) is 36.4 Å². The van der Waals surface area contributed by atoms with Gasteiger partial charge in [-0.2, -0.15) is 0 Å². The molecule has 296 valence electrons. The average molecular weight is 915 g/mol. The SMILES string of the molecule is O=S(=O)([O-])C1=C2N=C(C(c3ccccc3)=C3N=C(C=C4C=CC(=N4)C=C4N=C1C(S(=O)(=O)[O-])=C4S(=O)(=O)[O-])C=C3c1ccccc1)C(c1ccccc1)=C2c1ccccc1.[Zn+2]. The van der Waals surface area contributed by atoms with Gasteiger partial charge in [0.1, 0.15) is 45.9 Å². The van der Waals surface area contributed by atoms with Crippen LogP contribution >= 0.6 is 0 Å². The molecule has 0 N–H and O–H groups in total. The Bertz CT molecular complexity index is 3330. The maximum Gasteiger partial charge on any atom is 2.00 e. The van der Waals surface area contributed by atoms with Gasteiger partial charge in [-0.1, -0.05) is 121 Å². The third-order valence-corrected chi connectivity index (χ3v) is 12.6. The van der Waals surface area contributed by atoms with Gasteiger partial charge in [0, 0.05) is 22.3 Å². The van der Waals surface area contributed by atoms with Crippen LogP contribution in [0.3, 0.4) is 0 Å². The Labute approximate surface area is 363 Å². The second-order valence-electron chi connectivity index (χ2n) is 13.6. The molecule has 0 aliphatic carbocycles. The van der Waals surface area contributed by atoms with Gasteiger partial charge in [-0.25, -0.2) is 45.2 Å². The monoisotopic (exact) mass is 913 g/mol. The Kier molecular flexibility index (Phi) is 10.7. The minimum atomic E-state index is -6.09. The van der Waals surface area contributed by atoms with Crippen LogP contribution in [-0.4, -0.2) is 61.8 Å². The summed E-state index contributed by atoms with van der Waals surface area (Å²) in [7, 11) is -18.0. The summed E-state index contributed by atoms with van der Waals surface area (Å²) in [6.45, 7) is 0. The molecule has 13 nitrogen and oxygen atoms in total. The molecule has 0 unspecified atom stereocenters. The number of nitrogens with zero attached hydrogens (tertiary/aromatic N) is 4. The maximum absolute atomic E-state index is 13.9. The zero-order chi connectivity index (χ0) is 42.0. The molecular weight excluding hydrogens is 890 g/mol. The molecule has 0 amide bonds. The summed E-state index contributed by atoms with van der Waals surface area (Å²) < 4.78 is 120. The Morgan fingerprint density at radius 1 is 0.393 bits per heavy atom. The summed E-state index contributed by atoms with van der Waals surface area (Å²) in [6, 6.07) is 35.1. The van der Waals surface area contributed by atoms with Crippen LogP contribution in [0.25, 0.3) is 22.3 Å². The van der Waals surface area contributed by atoms with Gasteiger partial charge in [0.05, 0.1) is 44.8 Å². The number of hydrogen-bond acceptors (Lipinski definition) is 13. The van der Waals surface area contributed by atoms with Crippen molar-refractivity contribution in [1.82, 2.24) is 0 Å². The van der Waals surface area contributed by atoms with Crippen molar-refractivity contribution in [2.24, 2.45) is 20.0 Å².